The molecule has 1 unspecified atom stereocenters. The molecule has 0 aliphatic carbocycles. The molecule has 1 fully saturated rings. The summed E-state index contributed by atoms with van der Waals surface area (Å²) in [6, 6.07) is 10.7. The van der Waals surface area contributed by atoms with Crippen molar-refractivity contribution in [2.45, 2.75) is 63.6 Å². The van der Waals surface area contributed by atoms with E-state index in [0.717, 1.165) is 19.5 Å². The topological polar surface area (TPSA) is 30.9 Å². The number of hydrogen-bond donors (Lipinski definition) is 0. The van der Waals surface area contributed by atoms with Gasteiger partial charge in [0.1, 0.15) is 0 Å². The molecular formula is C20H35NO3Si. The first kappa shape index (κ1) is 20.6. The lowest BCUT2D eigenvalue weighted by Gasteiger charge is -2.40. The Kier molecular flexibility index (Phi) is 9.13. The van der Waals surface area contributed by atoms with Gasteiger partial charge in [-0.05, 0) is 24.9 Å². The molecule has 0 saturated carbocycles. The lowest BCUT2D eigenvalue weighted by molar-refractivity contribution is 0.0667. The monoisotopic (exact) mass is 365 g/mol. The predicted molar refractivity (Wildman–Crippen MR) is 104 cm³/mol. The summed E-state index contributed by atoms with van der Waals surface area (Å²) < 4.78 is 17.7. The molecule has 1 saturated heterocycles. The Morgan fingerprint density at radius 3 is 2.00 bits per heavy atom. The second kappa shape index (κ2) is 11.1. The van der Waals surface area contributed by atoms with Gasteiger partial charge in [-0.25, -0.2) is 0 Å². The Hall–Kier alpha value is -0.723. The molecule has 1 atom stereocenters. The summed E-state index contributed by atoms with van der Waals surface area (Å²) in [7, 11) is 2.51. The van der Waals surface area contributed by atoms with Crippen LogP contribution < -0.4 is 0 Å². The molecule has 0 bridgehead atoms. The normalized spacial score (nSPS) is 21.6. The first-order valence-corrected chi connectivity index (χ1v) is 11.5. The third-order valence-electron chi connectivity index (χ3n) is 5.35. The van der Waals surface area contributed by atoms with Crippen LogP contribution in [0.15, 0.2) is 30.3 Å². The van der Waals surface area contributed by atoms with E-state index in [1.807, 2.05) is 0 Å². The fourth-order valence-electron chi connectivity index (χ4n) is 3.94. The molecule has 0 radical (unpaired) electrons. The SMILES string of the molecule is CO[Si](OC)(OC)C1CCCCCCCCCN1Cc1ccccc1. The Bertz CT molecular complexity index is 459. The van der Waals surface area contributed by atoms with Crippen LogP contribution in [-0.4, -0.2) is 47.2 Å². The first-order valence-electron chi connectivity index (χ1n) is 9.69. The van der Waals surface area contributed by atoms with E-state index in [-0.39, 0.29) is 5.67 Å². The van der Waals surface area contributed by atoms with Crippen LogP contribution in [0, 0.1) is 0 Å². The van der Waals surface area contributed by atoms with Gasteiger partial charge < -0.3 is 13.3 Å². The van der Waals surface area contributed by atoms with Crippen molar-refractivity contribution >= 4 is 8.80 Å². The van der Waals surface area contributed by atoms with Gasteiger partial charge in [0.15, 0.2) is 0 Å². The molecule has 0 aromatic heterocycles. The average Bonchev–Trinajstić information content (AvgIpc) is 2.71. The predicted octanol–water partition coefficient (Wildman–Crippen LogP) is 4.41. The third kappa shape index (κ3) is 5.90. The van der Waals surface area contributed by atoms with Crippen molar-refractivity contribution in [1.29, 1.82) is 0 Å². The zero-order valence-electron chi connectivity index (χ0n) is 16.2. The summed E-state index contributed by atoms with van der Waals surface area (Å²) in [6.07, 6.45) is 10.2. The largest absolute Gasteiger partial charge is 0.518 e. The Labute approximate surface area is 154 Å². The highest BCUT2D eigenvalue weighted by Crippen LogP contribution is 2.26. The van der Waals surface area contributed by atoms with Crippen LogP contribution in [0.3, 0.4) is 0 Å². The van der Waals surface area contributed by atoms with Gasteiger partial charge in [-0.3, -0.25) is 4.90 Å². The van der Waals surface area contributed by atoms with E-state index >= 15 is 0 Å². The van der Waals surface area contributed by atoms with Gasteiger partial charge in [0.25, 0.3) is 0 Å². The van der Waals surface area contributed by atoms with E-state index in [9.17, 15) is 0 Å². The summed E-state index contributed by atoms with van der Waals surface area (Å²) in [5, 5.41) is 0. The van der Waals surface area contributed by atoms with Gasteiger partial charge in [-0.1, -0.05) is 68.9 Å². The van der Waals surface area contributed by atoms with E-state index < -0.39 is 8.80 Å². The molecule has 1 aliphatic heterocycles. The first-order chi connectivity index (χ1) is 12.3. The number of rotatable bonds is 6. The number of hydrogen-bond acceptors (Lipinski definition) is 4. The fraction of sp³-hybridized carbons (Fsp3) is 0.700. The lowest BCUT2D eigenvalue weighted by Crippen LogP contribution is -2.61. The second-order valence-corrected chi connectivity index (χ2v) is 10.0. The highest BCUT2D eigenvalue weighted by atomic mass is 28.4. The lowest BCUT2D eigenvalue weighted by atomic mass is 10.1. The van der Waals surface area contributed by atoms with E-state index in [1.54, 1.807) is 21.3 Å². The van der Waals surface area contributed by atoms with Crippen molar-refractivity contribution in [1.82, 2.24) is 4.90 Å². The molecule has 1 aromatic rings. The van der Waals surface area contributed by atoms with Crippen molar-refractivity contribution in [3.8, 4) is 0 Å². The van der Waals surface area contributed by atoms with Crippen LogP contribution >= 0.6 is 0 Å². The van der Waals surface area contributed by atoms with E-state index in [1.165, 1.54) is 50.5 Å². The number of nitrogens with zero attached hydrogens (tertiary/aromatic N) is 1. The smallest absolute Gasteiger partial charge is 0.376 e. The minimum absolute atomic E-state index is 0.214. The molecule has 4 nitrogen and oxygen atoms in total. The molecule has 142 valence electrons. The van der Waals surface area contributed by atoms with Crippen molar-refractivity contribution in [2.75, 3.05) is 27.9 Å². The van der Waals surface area contributed by atoms with Crippen molar-refractivity contribution in [3.05, 3.63) is 35.9 Å². The van der Waals surface area contributed by atoms with E-state index in [0.29, 0.717) is 0 Å². The molecule has 2 rings (SSSR count). The average molecular weight is 366 g/mol. The maximum atomic E-state index is 5.90. The fourth-order valence-corrected chi connectivity index (χ4v) is 6.48. The zero-order valence-corrected chi connectivity index (χ0v) is 17.2. The maximum absolute atomic E-state index is 5.90. The molecular weight excluding hydrogens is 330 g/mol. The van der Waals surface area contributed by atoms with E-state index in [2.05, 4.69) is 35.2 Å². The second-order valence-electron chi connectivity index (χ2n) is 6.95. The maximum Gasteiger partial charge on any atom is 0.518 e. The summed E-state index contributed by atoms with van der Waals surface area (Å²) in [6.45, 7) is 2.00. The van der Waals surface area contributed by atoms with Gasteiger partial charge in [0.2, 0.25) is 0 Å². The van der Waals surface area contributed by atoms with Crippen LogP contribution in [0.25, 0.3) is 0 Å². The van der Waals surface area contributed by atoms with Crippen LogP contribution in [0.2, 0.25) is 0 Å². The highest BCUT2D eigenvalue weighted by molar-refractivity contribution is 6.62. The zero-order chi connectivity index (χ0) is 18.0. The Morgan fingerprint density at radius 1 is 0.840 bits per heavy atom. The molecule has 1 aliphatic rings. The summed E-state index contributed by atoms with van der Waals surface area (Å²) in [5.41, 5.74) is 1.55. The Balaban J connectivity index is 2.25. The van der Waals surface area contributed by atoms with Crippen LogP contribution in [-0.2, 0) is 19.8 Å². The summed E-state index contributed by atoms with van der Waals surface area (Å²) in [4.78, 5) is 2.56. The summed E-state index contributed by atoms with van der Waals surface area (Å²) in [5.74, 6) is 0. The highest BCUT2D eigenvalue weighted by Gasteiger charge is 2.49. The van der Waals surface area contributed by atoms with Crippen molar-refractivity contribution in [3.63, 3.8) is 0 Å². The molecule has 0 N–H and O–H groups in total. The van der Waals surface area contributed by atoms with Crippen LogP contribution in [0.4, 0.5) is 0 Å². The third-order valence-corrected chi connectivity index (χ3v) is 8.53. The van der Waals surface area contributed by atoms with Gasteiger partial charge in [0.05, 0.1) is 5.67 Å². The summed E-state index contributed by atoms with van der Waals surface area (Å²) >= 11 is 0. The van der Waals surface area contributed by atoms with Crippen LogP contribution in [0.5, 0.6) is 0 Å². The van der Waals surface area contributed by atoms with Gasteiger partial charge in [0, 0.05) is 27.9 Å². The molecule has 1 heterocycles. The number of benzene rings is 1. The molecule has 0 spiro atoms. The van der Waals surface area contributed by atoms with Gasteiger partial charge in [-0.15, -0.1) is 0 Å². The Morgan fingerprint density at radius 2 is 1.40 bits per heavy atom. The quantitative estimate of drug-likeness (QED) is 0.699. The molecule has 5 heteroatoms. The standard InChI is InChI=1S/C20H35NO3Si/c1-22-25(23-2,24-3)20-16-12-7-5-4-6-8-13-17-21(20)18-19-14-10-9-11-15-19/h9-11,14-15,20H,4-8,12-13,16-18H2,1-3H3. The molecule has 0 amide bonds. The minimum Gasteiger partial charge on any atom is -0.376 e. The van der Waals surface area contributed by atoms with Crippen LogP contribution in [0.1, 0.15) is 56.9 Å². The molecule has 25 heavy (non-hydrogen) atoms. The van der Waals surface area contributed by atoms with E-state index in [4.69, 9.17) is 13.3 Å². The van der Waals surface area contributed by atoms with Crippen molar-refractivity contribution < 1.29 is 13.3 Å². The molecule has 1 aromatic carbocycles. The van der Waals surface area contributed by atoms with Gasteiger partial charge in [-0.2, -0.15) is 0 Å². The van der Waals surface area contributed by atoms with Gasteiger partial charge >= 0.3 is 8.80 Å². The minimum atomic E-state index is -2.72. The van der Waals surface area contributed by atoms with Crippen molar-refractivity contribution in [2.24, 2.45) is 0 Å².